The zero-order valence-corrected chi connectivity index (χ0v) is 10.3. The SMILES string of the molecule is CC1C(C(=O)O)CCN1C(=O)c1c(O)cccc1F. The van der Waals surface area contributed by atoms with E-state index >= 15 is 0 Å². The van der Waals surface area contributed by atoms with Crippen LogP contribution in [0.1, 0.15) is 23.7 Å². The molecule has 2 N–H and O–H groups in total. The average Bonchev–Trinajstić information content (AvgIpc) is 2.70. The van der Waals surface area contributed by atoms with Gasteiger partial charge in [-0.15, -0.1) is 0 Å². The quantitative estimate of drug-likeness (QED) is 0.850. The van der Waals surface area contributed by atoms with Gasteiger partial charge in [0.1, 0.15) is 17.1 Å². The third kappa shape index (κ3) is 2.25. The number of halogens is 1. The van der Waals surface area contributed by atoms with Crippen LogP contribution in [0.15, 0.2) is 18.2 Å². The molecular formula is C13H14FNO4. The highest BCUT2D eigenvalue weighted by Crippen LogP contribution is 2.29. The lowest BCUT2D eigenvalue weighted by Crippen LogP contribution is -2.38. The number of rotatable bonds is 2. The minimum Gasteiger partial charge on any atom is -0.507 e. The summed E-state index contributed by atoms with van der Waals surface area (Å²) < 4.78 is 13.6. The number of carbonyl (C=O) groups excluding carboxylic acids is 1. The van der Waals surface area contributed by atoms with Crippen molar-refractivity contribution >= 4 is 11.9 Å². The summed E-state index contributed by atoms with van der Waals surface area (Å²) in [4.78, 5) is 24.5. The lowest BCUT2D eigenvalue weighted by Gasteiger charge is -2.23. The maximum Gasteiger partial charge on any atom is 0.308 e. The van der Waals surface area contributed by atoms with E-state index < -0.39 is 41.0 Å². The van der Waals surface area contributed by atoms with Gasteiger partial charge in [-0.2, -0.15) is 0 Å². The van der Waals surface area contributed by atoms with Crippen molar-refractivity contribution in [1.82, 2.24) is 4.90 Å². The predicted molar refractivity (Wildman–Crippen MR) is 64.3 cm³/mol. The summed E-state index contributed by atoms with van der Waals surface area (Å²) in [6, 6.07) is 3.09. The smallest absolute Gasteiger partial charge is 0.308 e. The first-order valence-corrected chi connectivity index (χ1v) is 5.94. The van der Waals surface area contributed by atoms with Gasteiger partial charge in [-0.05, 0) is 25.5 Å². The summed E-state index contributed by atoms with van der Waals surface area (Å²) in [6.07, 6.45) is 0.331. The van der Waals surface area contributed by atoms with Gasteiger partial charge in [-0.1, -0.05) is 6.07 Å². The second-order valence-electron chi connectivity index (χ2n) is 4.61. The van der Waals surface area contributed by atoms with Gasteiger partial charge >= 0.3 is 5.97 Å². The number of aliphatic carboxylic acids is 1. The van der Waals surface area contributed by atoms with E-state index in [1.807, 2.05) is 0 Å². The fraction of sp³-hybridized carbons (Fsp3) is 0.385. The molecule has 0 radical (unpaired) electrons. The first kappa shape index (κ1) is 13.3. The van der Waals surface area contributed by atoms with Crippen molar-refractivity contribution < 1.29 is 24.2 Å². The molecule has 1 aromatic rings. The van der Waals surface area contributed by atoms with E-state index in [2.05, 4.69) is 0 Å². The second kappa shape index (κ2) is 4.87. The van der Waals surface area contributed by atoms with Crippen molar-refractivity contribution in [1.29, 1.82) is 0 Å². The normalized spacial score (nSPS) is 22.5. The Morgan fingerprint density at radius 1 is 1.42 bits per heavy atom. The molecule has 1 amide bonds. The zero-order chi connectivity index (χ0) is 14.2. The number of hydrogen-bond acceptors (Lipinski definition) is 3. The van der Waals surface area contributed by atoms with Crippen molar-refractivity contribution in [2.24, 2.45) is 5.92 Å². The number of phenolic OH excluding ortho intramolecular Hbond substituents is 1. The molecule has 1 aliphatic heterocycles. The summed E-state index contributed by atoms with van der Waals surface area (Å²) in [7, 11) is 0. The molecule has 102 valence electrons. The molecule has 1 aromatic carbocycles. The number of hydrogen-bond donors (Lipinski definition) is 2. The Hall–Kier alpha value is -2.11. The minimum atomic E-state index is -0.972. The molecular weight excluding hydrogens is 253 g/mol. The molecule has 2 atom stereocenters. The minimum absolute atomic E-state index is 0.241. The summed E-state index contributed by atoms with van der Waals surface area (Å²) in [5, 5.41) is 18.6. The Morgan fingerprint density at radius 3 is 2.63 bits per heavy atom. The Labute approximate surface area is 109 Å². The van der Waals surface area contributed by atoms with E-state index in [1.165, 1.54) is 17.0 Å². The van der Waals surface area contributed by atoms with E-state index in [0.717, 1.165) is 6.07 Å². The fourth-order valence-corrected chi connectivity index (χ4v) is 2.42. The van der Waals surface area contributed by atoms with E-state index in [1.54, 1.807) is 6.92 Å². The summed E-state index contributed by atoms with van der Waals surface area (Å²) in [5.74, 6) is -3.54. The van der Waals surface area contributed by atoms with Crippen LogP contribution in [-0.2, 0) is 4.79 Å². The first-order valence-electron chi connectivity index (χ1n) is 5.94. The number of carboxylic acid groups (broad SMARTS) is 1. The van der Waals surface area contributed by atoms with Gasteiger partial charge in [0.05, 0.1) is 5.92 Å². The lowest BCUT2D eigenvalue weighted by molar-refractivity contribution is -0.142. The third-order valence-electron chi connectivity index (χ3n) is 3.54. The summed E-state index contributed by atoms with van der Waals surface area (Å²) in [6.45, 7) is 1.85. The molecule has 0 saturated carbocycles. The number of likely N-dealkylation sites (tertiary alicyclic amines) is 1. The standard InChI is InChI=1S/C13H14FNO4/c1-7-8(13(18)19)5-6-15(7)12(17)11-9(14)3-2-4-10(11)16/h2-4,7-8,16H,5-6H2,1H3,(H,18,19). The van der Waals surface area contributed by atoms with E-state index in [9.17, 15) is 19.1 Å². The first-order chi connectivity index (χ1) is 8.93. The maximum atomic E-state index is 13.6. The molecule has 0 aliphatic carbocycles. The number of carboxylic acids is 1. The van der Waals surface area contributed by atoms with Crippen LogP contribution in [0, 0.1) is 11.7 Å². The van der Waals surface area contributed by atoms with Gasteiger partial charge in [0.15, 0.2) is 0 Å². The van der Waals surface area contributed by atoms with Crippen molar-refractivity contribution in [2.75, 3.05) is 6.54 Å². The number of aromatic hydroxyl groups is 1. The third-order valence-corrected chi connectivity index (χ3v) is 3.54. The van der Waals surface area contributed by atoms with Gasteiger partial charge in [0, 0.05) is 12.6 Å². The molecule has 1 heterocycles. The van der Waals surface area contributed by atoms with Gasteiger partial charge in [0.2, 0.25) is 0 Å². The largest absolute Gasteiger partial charge is 0.507 e. The highest BCUT2D eigenvalue weighted by atomic mass is 19.1. The van der Waals surface area contributed by atoms with Gasteiger partial charge in [-0.3, -0.25) is 9.59 Å². The fourth-order valence-electron chi connectivity index (χ4n) is 2.42. The lowest BCUT2D eigenvalue weighted by atomic mass is 10.0. The molecule has 19 heavy (non-hydrogen) atoms. The molecule has 0 spiro atoms. The molecule has 0 aromatic heterocycles. The highest BCUT2D eigenvalue weighted by molar-refractivity contribution is 5.97. The molecule has 6 heteroatoms. The maximum absolute atomic E-state index is 13.6. The van der Waals surface area contributed by atoms with Gasteiger partial charge in [0.25, 0.3) is 5.91 Å². The van der Waals surface area contributed by atoms with Crippen molar-refractivity contribution in [3.63, 3.8) is 0 Å². The van der Waals surface area contributed by atoms with Crippen LogP contribution < -0.4 is 0 Å². The average molecular weight is 267 g/mol. The van der Waals surface area contributed by atoms with Gasteiger partial charge in [-0.25, -0.2) is 4.39 Å². The number of phenols is 1. The Balaban J connectivity index is 2.29. The van der Waals surface area contributed by atoms with Crippen LogP contribution in [0.3, 0.4) is 0 Å². The van der Waals surface area contributed by atoms with Crippen LogP contribution in [0.25, 0.3) is 0 Å². The Bertz CT molecular complexity index is 511. The Kier molecular flexibility index (Phi) is 3.42. The van der Waals surface area contributed by atoms with Crippen LogP contribution in [-0.4, -0.2) is 39.6 Å². The van der Waals surface area contributed by atoms with E-state index in [0.29, 0.717) is 6.42 Å². The molecule has 2 unspecified atom stereocenters. The predicted octanol–water partition coefficient (Wildman–Crippen LogP) is 1.47. The highest BCUT2D eigenvalue weighted by Gasteiger charge is 2.39. The Morgan fingerprint density at radius 2 is 2.11 bits per heavy atom. The van der Waals surface area contributed by atoms with Crippen LogP contribution >= 0.6 is 0 Å². The van der Waals surface area contributed by atoms with E-state index in [-0.39, 0.29) is 6.54 Å². The molecule has 1 fully saturated rings. The van der Waals surface area contributed by atoms with E-state index in [4.69, 9.17) is 5.11 Å². The topological polar surface area (TPSA) is 77.8 Å². The number of carbonyl (C=O) groups is 2. The number of amides is 1. The zero-order valence-electron chi connectivity index (χ0n) is 10.3. The molecule has 1 aliphatic rings. The van der Waals surface area contributed by atoms with Crippen molar-refractivity contribution in [3.8, 4) is 5.75 Å². The monoisotopic (exact) mass is 267 g/mol. The number of benzene rings is 1. The van der Waals surface area contributed by atoms with Gasteiger partial charge < -0.3 is 15.1 Å². The molecule has 5 nitrogen and oxygen atoms in total. The van der Waals surface area contributed by atoms with Crippen LogP contribution in [0.2, 0.25) is 0 Å². The summed E-state index contributed by atoms with van der Waals surface area (Å²) >= 11 is 0. The van der Waals surface area contributed by atoms with Crippen molar-refractivity contribution in [3.05, 3.63) is 29.6 Å². The van der Waals surface area contributed by atoms with Crippen molar-refractivity contribution in [2.45, 2.75) is 19.4 Å². The molecule has 0 bridgehead atoms. The molecule has 2 rings (SSSR count). The summed E-state index contributed by atoms with van der Waals surface area (Å²) in [5.41, 5.74) is -0.402. The second-order valence-corrected chi connectivity index (χ2v) is 4.61. The van der Waals surface area contributed by atoms with Crippen LogP contribution in [0.5, 0.6) is 5.75 Å². The van der Waals surface area contributed by atoms with Crippen LogP contribution in [0.4, 0.5) is 4.39 Å². The number of nitrogens with zero attached hydrogens (tertiary/aromatic N) is 1. The molecule has 1 saturated heterocycles.